The second-order valence-corrected chi connectivity index (χ2v) is 6.69. The minimum atomic E-state index is -4.14. The average Bonchev–Trinajstić information content (AvgIpc) is 3.04. The fraction of sp³-hybridized carbons (Fsp3) is 0.632. The van der Waals surface area contributed by atoms with Gasteiger partial charge in [-0.15, -0.1) is 0 Å². The third-order valence-corrected chi connectivity index (χ3v) is 4.41. The maximum absolute atomic E-state index is 12.5. The van der Waals surface area contributed by atoms with Crippen LogP contribution in [-0.2, 0) is 6.42 Å². The lowest BCUT2D eigenvalue weighted by Crippen LogP contribution is -2.45. The van der Waals surface area contributed by atoms with Crippen LogP contribution < -0.4 is 15.4 Å². The van der Waals surface area contributed by atoms with Crippen LogP contribution in [0.2, 0.25) is 0 Å². The fourth-order valence-electron chi connectivity index (χ4n) is 3.13. The predicted octanol–water partition coefficient (Wildman–Crippen LogP) is 2.82. The van der Waals surface area contributed by atoms with Crippen LogP contribution in [0.4, 0.5) is 13.2 Å². The molecule has 1 fully saturated rings. The maximum atomic E-state index is 12.5. The van der Waals surface area contributed by atoms with E-state index in [2.05, 4.69) is 15.6 Å². The molecule has 0 radical (unpaired) electrons. The van der Waals surface area contributed by atoms with E-state index in [0.717, 1.165) is 18.6 Å². The molecule has 1 atom stereocenters. The monoisotopic (exact) mass is 386 g/mol. The average molecular weight is 386 g/mol. The number of alkyl halides is 3. The van der Waals surface area contributed by atoms with Crippen LogP contribution in [0.1, 0.15) is 25.3 Å². The topological polar surface area (TPSA) is 48.9 Å². The molecule has 152 valence electrons. The number of nitrogens with one attached hydrogen (secondary N) is 2. The summed E-state index contributed by atoms with van der Waals surface area (Å²) < 4.78 is 42.6. The van der Waals surface area contributed by atoms with Gasteiger partial charge in [-0.1, -0.05) is 12.1 Å². The molecule has 0 bridgehead atoms. The first kappa shape index (κ1) is 21.3. The Morgan fingerprint density at radius 1 is 1.30 bits per heavy atom. The summed E-state index contributed by atoms with van der Waals surface area (Å²) in [5.74, 6) is 1.51. The molecule has 2 N–H and O–H groups in total. The Morgan fingerprint density at radius 2 is 2.04 bits per heavy atom. The van der Waals surface area contributed by atoms with Gasteiger partial charge in [0.15, 0.2) is 5.96 Å². The van der Waals surface area contributed by atoms with E-state index < -0.39 is 12.7 Å². The summed E-state index contributed by atoms with van der Waals surface area (Å²) >= 11 is 0. The van der Waals surface area contributed by atoms with Gasteiger partial charge in [0.1, 0.15) is 5.75 Å². The van der Waals surface area contributed by atoms with Crippen LogP contribution in [-0.4, -0.2) is 62.9 Å². The predicted molar refractivity (Wildman–Crippen MR) is 101 cm³/mol. The lowest BCUT2D eigenvalue weighted by atomic mass is 10.1. The fourth-order valence-corrected chi connectivity index (χ4v) is 3.13. The summed E-state index contributed by atoms with van der Waals surface area (Å²) in [6.07, 6.45) is -1.65. The van der Waals surface area contributed by atoms with Crippen molar-refractivity contribution in [1.82, 2.24) is 15.5 Å². The van der Waals surface area contributed by atoms with E-state index in [9.17, 15) is 13.2 Å². The zero-order chi connectivity index (χ0) is 19.7. The van der Waals surface area contributed by atoms with Crippen molar-refractivity contribution in [2.24, 2.45) is 4.99 Å². The van der Waals surface area contributed by atoms with Gasteiger partial charge in [-0.3, -0.25) is 9.89 Å². The summed E-state index contributed by atoms with van der Waals surface area (Å²) in [6, 6.07) is 7.96. The van der Waals surface area contributed by atoms with Crippen molar-refractivity contribution >= 4 is 5.96 Å². The molecular formula is C19H29F3N4O. The second-order valence-electron chi connectivity index (χ2n) is 6.69. The molecule has 0 spiro atoms. The molecular weight excluding hydrogens is 357 g/mol. The van der Waals surface area contributed by atoms with E-state index in [1.165, 1.54) is 10.5 Å². The quantitative estimate of drug-likeness (QED) is 0.410. The SMILES string of the molecule is CCNC(=NCCCc1ccc(OC)cc1)NC1CCN(CC(F)(F)F)C1. The number of methoxy groups -OCH3 is 1. The molecule has 0 amide bonds. The van der Waals surface area contributed by atoms with Gasteiger partial charge in [0.05, 0.1) is 13.7 Å². The number of guanidine groups is 1. The van der Waals surface area contributed by atoms with Crippen LogP contribution in [0.25, 0.3) is 0 Å². The van der Waals surface area contributed by atoms with E-state index in [1.54, 1.807) is 7.11 Å². The Bertz CT molecular complexity index is 590. The molecule has 2 rings (SSSR count). The molecule has 5 nitrogen and oxygen atoms in total. The lowest BCUT2D eigenvalue weighted by molar-refractivity contribution is -0.143. The smallest absolute Gasteiger partial charge is 0.401 e. The summed E-state index contributed by atoms with van der Waals surface area (Å²) in [5, 5.41) is 6.43. The van der Waals surface area contributed by atoms with Gasteiger partial charge in [-0.2, -0.15) is 13.2 Å². The number of ether oxygens (including phenoxy) is 1. The molecule has 0 aliphatic carbocycles. The van der Waals surface area contributed by atoms with Gasteiger partial charge in [0.2, 0.25) is 0 Å². The first-order valence-electron chi connectivity index (χ1n) is 9.36. The molecule has 1 unspecified atom stereocenters. The summed E-state index contributed by atoms with van der Waals surface area (Å²) in [5.41, 5.74) is 1.22. The summed E-state index contributed by atoms with van der Waals surface area (Å²) in [7, 11) is 1.64. The summed E-state index contributed by atoms with van der Waals surface area (Å²) in [6.45, 7) is 3.33. The molecule has 1 saturated heterocycles. The van der Waals surface area contributed by atoms with Gasteiger partial charge in [-0.25, -0.2) is 0 Å². The lowest BCUT2D eigenvalue weighted by Gasteiger charge is -2.19. The Labute approximate surface area is 159 Å². The van der Waals surface area contributed by atoms with E-state index in [4.69, 9.17) is 4.74 Å². The number of rotatable bonds is 8. The second kappa shape index (κ2) is 10.4. The number of benzene rings is 1. The van der Waals surface area contributed by atoms with Crippen LogP contribution in [0, 0.1) is 0 Å². The van der Waals surface area contributed by atoms with Gasteiger partial charge < -0.3 is 15.4 Å². The Balaban J connectivity index is 1.76. The molecule has 27 heavy (non-hydrogen) atoms. The van der Waals surface area contributed by atoms with Crippen molar-refractivity contribution < 1.29 is 17.9 Å². The third kappa shape index (κ3) is 8.07. The van der Waals surface area contributed by atoms with Gasteiger partial charge in [-0.05, 0) is 43.9 Å². The highest BCUT2D eigenvalue weighted by atomic mass is 19.4. The normalized spacial score (nSPS) is 18.6. The van der Waals surface area contributed by atoms with Crippen molar-refractivity contribution in [3.05, 3.63) is 29.8 Å². The number of nitrogens with zero attached hydrogens (tertiary/aromatic N) is 2. The highest BCUT2D eigenvalue weighted by Gasteiger charge is 2.34. The zero-order valence-corrected chi connectivity index (χ0v) is 16.0. The molecule has 1 aromatic rings. The number of hydrogen-bond acceptors (Lipinski definition) is 3. The maximum Gasteiger partial charge on any atom is 0.401 e. The van der Waals surface area contributed by atoms with Crippen molar-refractivity contribution in [2.45, 2.75) is 38.4 Å². The molecule has 8 heteroatoms. The van der Waals surface area contributed by atoms with E-state index in [0.29, 0.717) is 38.6 Å². The number of likely N-dealkylation sites (tertiary alicyclic amines) is 1. The molecule has 0 aromatic heterocycles. The van der Waals surface area contributed by atoms with Gasteiger partial charge in [0.25, 0.3) is 0 Å². The van der Waals surface area contributed by atoms with E-state index >= 15 is 0 Å². The number of hydrogen-bond donors (Lipinski definition) is 2. The largest absolute Gasteiger partial charge is 0.497 e. The first-order chi connectivity index (χ1) is 12.9. The van der Waals surface area contributed by atoms with Crippen LogP contribution in [0.15, 0.2) is 29.3 Å². The van der Waals surface area contributed by atoms with Crippen LogP contribution in [0.5, 0.6) is 5.75 Å². The van der Waals surface area contributed by atoms with Gasteiger partial charge in [0, 0.05) is 32.2 Å². The standard InChI is InChI=1S/C19H29F3N4O/c1-3-23-18(25-16-10-12-26(13-16)14-19(20,21)22)24-11-4-5-15-6-8-17(27-2)9-7-15/h6-9,16H,3-5,10-14H2,1-2H3,(H2,23,24,25). The molecule has 1 aliphatic rings. The van der Waals surface area contributed by atoms with Crippen molar-refractivity contribution in [1.29, 1.82) is 0 Å². The van der Waals surface area contributed by atoms with Crippen LogP contribution in [0.3, 0.4) is 0 Å². The third-order valence-electron chi connectivity index (χ3n) is 4.41. The molecule has 1 aliphatic heterocycles. The molecule has 1 heterocycles. The Morgan fingerprint density at radius 3 is 2.67 bits per heavy atom. The van der Waals surface area contributed by atoms with E-state index in [1.807, 2.05) is 31.2 Å². The minimum absolute atomic E-state index is 0.00765. The van der Waals surface area contributed by atoms with Crippen molar-refractivity contribution in [2.75, 3.05) is 39.8 Å². The molecule has 1 aromatic carbocycles. The van der Waals surface area contributed by atoms with Gasteiger partial charge >= 0.3 is 6.18 Å². The minimum Gasteiger partial charge on any atom is -0.497 e. The number of halogens is 3. The van der Waals surface area contributed by atoms with Crippen molar-refractivity contribution in [3.63, 3.8) is 0 Å². The van der Waals surface area contributed by atoms with Crippen molar-refractivity contribution in [3.8, 4) is 5.75 Å². The number of aliphatic imine (C=N–C) groups is 1. The highest BCUT2D eigenvalue weighted by Crippen LogP contribution is 2.20. The first-order valence-corrected chi connectivity index (χ1v) is 9.36. The molecule has 0 saturated carbocycles. The van der Waals surface area contributed by atoms with E-state index in [-0.39, 0.29) is 6.04 Å². The highest BCUT2D eigenvalue weighted by molar-refractivity contribution is 5.80. The summed E-state index contributed by atoms with van der Waals surface area (Å²) in [4.78, 5) is 5.99. The van der Waals surface area contributed by atoms with Crippen LogP contribution >= 0.6 is 0 Å². The Hall–Kier alpha value is -1.96. The zero-order valence-electron chi connectivity index (χ0n) is 16.0. The number of aryl methyl sites for hydroxylation is 1. The Kier molecular flexibility index (Phi) is 8.22.